The van der Waals surface area contributed by atoms with E-state index in [0.29, 0.717) is 18.5 Å². The van der Waals surface area contributed by atoms with Crippen LogP contribution in [0.15, 0.2) is 37.0 Å². The Morgan fingerprint density at radius 1 is 1.22 bits per heavy atom. The number of methoxy groups -OCH3 is 1. The first kappa shape index (κ1) is 16.2. The number of nitrogens with one attached hydrogen (secondary N) is 1. The Morgan fingerprint density at radius 3 is 2.50 bits per heavy atom. The number of rotatable bonds is 9. The highest BCUT2D eigenvalue weighted by molar-refractivity contribution is 5.96. The number of allylic oxidation sites excluding steroid dienone is 2. The van der Waals surface area contributed by atoms with Gasteiger partial charge in [0.1, 0.15) is 0 Å². The molecule has 4 heteroatoms. The fourth-order valence-electron chi connectivity index (χ4n) is 1.34. The second-order valence-corrected chi connectivity index (χ2v) is 3.70. The van der Waals surface area contributed by atoms with Crippen LogP contribution >= 0.6 is 0 Å². The Hall–Kier alpha value is -1.84. The van der Waals surface area contributed by atoms with Gasteiger partial charge in [0, 0.05) is 18.5 Å². The smallest absolute Gasteiger partial charge is 0.305 e. The van der Waals surface area contributed by atoms with E-state index >= 15 is 0 Å². The van der Waals surface area contributed by atoms with Crippen molar-refractivity contribution in [3.8, 4) is 0 Å². The summed E-state index contributed by atoms with van der Waals surface area (Å²) in [5.74, 6) is -0.347. The van der Waals surface area contributed by atoms with Gasteiger partial charge in [0.25, 0.3) is 5.91 Å². The number of carbonyl (C=O) groups excluding carboxylic acids is 2. The number of hydrogen-bond donors (Lipinski definition) is 1. The number of hydrogen-bond acceptors (Lipinski definition) is 3. The highest BCUT2D eigenvalue weighted by Crippen LogP contribution is 2.01. The van der Waals surface area contributed by atoms with Crippen LogP contribution in [0.1, 0.15) is 25.7 Å². The largest absolute Gasteiger partial charge is 0.469 e. The zero-order chi connectivity index (χ0) is 13.8. The van der Waals surface area contributed by atoms with Gasteiger partial charge in [-0.1, -0.05) is 37.8 Å². The maximum Gasteiger partial charge on any atom is 0.305 e. The fraction of sp³-hybridized carbons (Fsp3) is 0.429. The molecule has 0 unspecified atom stereocenters. The van der Waals surface area contributed by atoms with E-state index in [2.05, 4.69) is 23.2 Å². The van der Waals surface area contributed by atoms with Gasteiger partial charge >= 0.3 is 5.97 Å². The minimum absolute atomic E-state index is 0.155. The molecule has 0 aromatic heterocycles. The molecule has 0 saturated carbocycles. The van der Waals surface area contributed by atoms with E-state index in [-0.39, 0.29) is 11.9 Å². The van der Waals surface area contributed by atoms with Gasteiger partial charge in [0.2, 0.25) is 0 Å². The van der Waals surface area contributed by atoms with Crippen molar-refractivity contribution in [2.75, 3.05) is 13.7 Å². The predicted molar refractivity (Wildman–Crippen MR) is 72.0 cm³/mol. The van der Waals surface area contributed by atoms with Crippen molar-refractivity contribution in [3.63, 3.8) is 0 Å². The van der Waals surface area contributed by atoms with Crippen LogP contribution < -0.4 is 5.32 Å². The van der Waals surface area contributed by atoms with Crippen molar-refractivity contribution in [2.24, 2.45) is 0 Å². The van der Waals surface area contributed by atoms with Gasteiger partial charge in [0.05, 0.1) is 7.11 Å². The first-order valence-corrected chi connectivity index (χ1v) is 5.95. The predicted octanol–water partition coefficient (Wildman–Crippen LogP) is 2.13. The van der Waals surface area contributed by atoms with Crippen molar-refractivity contribution >= 4 is 11.9 Å². The average Bonchev–Trinajstić information content (AvgIpc) is 2.39. The zero-order valence-corrected chi connectivity index (χ0v) is 10.9. The second kappa shape index (κ2) is 10.3. The number of esters is 1. The normalized spacial score (nSPS) is 10.6. The summed E-state index contributed by atoms with van der Waals surface area (Å²) >= 11 is 0. The van der Waals surface area contributed by atoms with Gasteiger partial charge in [-0.15, -0.1) is 0 Å². The minimum Gasteiger partial charge on any atom is -0.469 e. The van der Waals surface area contributed by atoms with E-state index in [9.17, 15) is 9.59 Å². The van der Waals surface area contributed by atoms with Crippen LogP contribution in [-0.4, -0.2) is 25.5 Å². The summed E-state index contributed by atoms with van der Waals surface area (Å²) in [6.45, 7) is 7.67. The van der Waals surface area contributed by atoms with Gasteiger partial charge in [-0.3, -0.25) is 9.59 Å². The molecule has 18 heavy (non-hydrogen) atoms. The Kier molecular flexibility index (Phi) is 9.27. The standard InChI is InChI=1S/C14H21NO3/c1-4-9-12(5-2)14(17)15-11-8-6-7-10-13(16)18-3/h4-5,9H,1-2,6-8,10-11H2,3H3,(H,15,17)/b12-9+. The minimum atomic E-state index is -0.193. The van der Waals surface area contributed by atoms with Gasteiger partial charge in [-0.25, -0.2) is 0 Å². The van der Waals surface area contributed by atoms with E-state index in [1.165, 1.54) is 13.2 Å². The molecule has 0 bridgehead atoms. The van der Waals surface area contributed by atoms with Gasteiger partial charge in [-0.2, -0.15) is 0 Å². The summed E-state index contributed by atoms with van der Waals surface area (Å²) in [5.41, 5.74) is 0.500. The molecule has 0 fully saturated rings. The van der Waals surface area contributed by atoms with Crippen LogP contribution in [0.25, 0.3) is 0 Å². The molecule has 0 aliphatic heterocycles. The first-order chi connectivity index (χ1) is 8.65. The summed E-state index contributed by atoms with van der Waals surface area (Å²) in [6.07, 6.45) is 7.57. The Morgan fingerprint density at radius 2 is 1.94 bits per heavy atom. The lowest BCUT2D eigenvalue weighted by molar-refractivity contribution is -0.140. The van der Waals surface area contributed by atoms with E-state index in [4.69, 9.17) is 0 Å². The Labute approximate surface area is 108 Å². The quantitative estimate of drug-likeness (QED) is 0.295. The first-order valence-electron chi connectivity index (χ1n) is 5.95. The van der Waals surface area contributed by atoms with Crippen molar-refractivity contribution in [2.45, 2.75) is 25.7 Å². The lowest BCUT2D eigenvalue weighted by atomic mass is 10.2. The van der Waals surface area contributed by atoms with Crippen LogP contribution in [0.3, 0.4) is 0 Å². The molecule has 0 saturated heterocycles. The molecule has 0 rings (SSSR count). The fourth-order valence-corrected chi connectivity index (χ4v) is 1.34. The molecule has 0 spiro atoms. The molecule has 0 aromatic carbocycles. The molecule has 4 nitrogen and oxygen atoms in total. The third-order valence-electron chi connectivity index (χ3n) is 2.35. The molecule has 0 aliphatic carbocycles. The summed E-state index contributed by atoms with van der Waals surface area (Å²) in [4.78, 5) is 22.4. The summed E-state index contributed by atoms with van der Waals surface area (Å²) in [6, 6.07) is 0. The van der Waals surface area contributed by atoms with Gasteiger partial charge in [0.15, 0.2) is 0 Å². The van der Waals surface area contributed by atoms with Crippen LogP contribution in [0.2, 0.25) is 0 Å². The number of amides is 1. The maximum atomic E-state index is 11.6. The van der Waals surface area contributed by atoms with Crippen molar-refractivity contribution in [1.29, 1.82) is 0 Å². The molecule has 1 amide bonds. The highest BCUT2D eigenvalue weighted by Gasteiger charge is 2.04. The van der Waals surface area contributed by atoms with Gasteiger partial charge < -0.3 is 10.1 Å². The van der Waals surface area contributed by atoms with E-state index < -0.39 is 0 Å². The lowest BCUT2D eigenvalue weighted by Crippen LogP contribution is -2.25. The molecule has 0 aromatic rings. The number of unbranched alkanes of at least 4 members (excludes halogenated alkanes) is 2. The number of ether oxygens (including phenoxy) is 1. The van der Waals surface area contributed by atoms with Crippen molar-refractivity contribution < 1.29 is 14.3 Å². The Balaban J connectivity index is 3.69. The topological polar surface area (TPSA) is 55.4 Å². The second-order valence-electron chi connectivity index (χ2n) is 3.70. The molecular weight excluding hydrogens is 230 g/mol. The summed E-state index contributed by atoms with van der Waals surface area (Å²) in [5, 5.41) is 2.78. The molecule has 0 heterocycles. The zero-order valence-electron chi connectivity index (χ0n) is 10.9. The average molecular weight is 251 g/mol. The third-order valence-corrected chi connectivity index (χ3v) is 2.35. The monoisotopic (exact) mass is 251 g/mol. The third kappa shape index (κ3) is 7.44. The van der Waals surface area contributed by atoms with Crippen LogP contribution in [0.5, 0.6) is 0 Å². The molecule has 1 N–H and O–H groups in total. The van der Waals surface area contributed by atoms with E-state index in [0.717, 1.165) is 19.3 Å². The van der Waals surface area contributed by atoms with Crippen LogP contribution in [-0.2, 0) is 14.3 Å². The maximum absolute atomic E-state index is 11.6. The summed E-state index contributed by atoms with van der Waals surface area (Å²) in [7, 11) is 1.38. The van der Waals surface area contributed by atoms with E-state index in [1.54, 1.807) is 12.2 Å². The summed E-state index contributed by atoms with van der Waals surface area (Å²) < 4.78 is 4.53. The SMILES string of the molecule is C=C/C=C(\C=C)C(=O)NCCCCCC(=O)OC. The van der Waals surface area contributed by atoms with Gasteiger partial charge in [-0.05, 0) is 12.8 Å². The van der Waals surface area contributed by atoms with Crippen molar-refractivity contribution in [3.05, 3.63) is 37.0 Å². The van der Waals surface area contributed by atoms with Crippen molar-refractivity contribution in [1.82, 2.24) is 5.32 Å². The molecule has 0 radical (unpaired) electrons. The molecule has 0 aliphatic rings. The molecular formula is C14H21NO3. The van der Waals surface area contributed by atoms with Crippen LogP contribution in [0.4, 0.5) is 0 Å². The highest BCUT2D eigenvalue weighted by atomic mass is 16.5. The van der Waals surface area contributed by atoms with E-state index in [1.807, 2.05) is 0 Å². The number of carbonyl (C=O) groups is 2. The Bertz CT molecular complexity index is 332. The van der Waals surface area contributed by atoms with Crippen LogP contribution in [0, 0.1) is 0 Å². The lowest BCUT2D eigenvalue weighted by Gasteiger charge is -2.05. The molecule has 100 valence electrons. The molecule has 0 atom stereocenters.